The van der Waals surface area contributed by atoms with Crippen molar-refractivity contribution in [1.29, 1.82) is 0 Å². The minimum atomic E-state index is -1.40. The fourth-order valence-electron chi connectivity index (χ4n) is 6.37. The van der Waals surface area contributed by atoms with E-state index in [1.807, 2.05) is 36.4 Å². The summed E-state index contributed by atoms with van der Waals surface area (Å²) in [4.78, 5) is 50.0. The zero-order valence-electron chi connectivity index (χ0n) is 24.6. The Morgan fingerprint density at radius 3 is 2.07 bits per heavy atom. The van der Waals surface area contributed by atoms with Gasteiger partial charge in [0.05, 0.1) is 11.8 Å². The van der Waals surface area contributed by atoms with Crippen molar-refractivity contribution in [2.24, 2.45) is 17.3 Å². The van der Waals surface area contributed by atoms with Crippen molar-refractivity contribution < 1.29 is 34.1 Å². The number of ether oxygens (including phenoxy) is 1. The van der Waals surface area contributed by atoms with Gasteiger partial charge in [0.2, 0.25) is 11.8 Å². The molecular weight excluding hydrogens is 560 g/mol. The molecule has 2 amide bonds. The Bertz CT molecular complexity index is 1500. The first-order chi connectivity index (χ1) is 21.2. The van der Waals surface area contributed by atoms with Crippen LogP contribution in [0.2, 0.25) is 0 Å². The van der Waals surface area contributed by atoms with Crippen molar-refractivity contribution in [1.82, 2.24) is 0 Å². The van der Waals surface area contributed by atoms with E-state index in [0.29, 0.717) is 67.8 Å². The summed E-state index contributed by atoms with van der Waals surface area (Å²) < 4.78 is 6.12. The average molecular weight is 599 g/mol. The van der Waals surface area contributed by atoms with Crippen LogP contribution in [-0.2, 0) is 25.6 Å². The van der Waals surface area contributed by atoms with Crippen LogP contribution in [0.5, 0.6) is 11.5 Å². The molecule has 9 heteroatoms. The maximum Gasteiger partial charge on any atom is 0.319 e. The van der Waals surface area contributed by atoms with Crippen LogP contribution in [0.3, 0.4) is 0 Å². The summed E-state index contributed by atoms with van der Waals surface area (Å²) in [6, 6.07) is 21.9. The molecule has 230 valence electrons. The predicted octanol–water partition coefficient (Wildman–Crippen LogP) is 6.87. The molecule has 0 heterocycles. The van der Waals surface area contributed by atoms with Gasteiger partial charge in [0.15, 0.2) is 0 Å². The summed E-state index contributed by atoms with van der Waals surface area (Å²) in [5, 5.41) is 25.2. The van der Waals surface area contributed by atoms with E-state index in [0.717, 1.165) is 30.4 Å². The number of nitrogens with one attached hydrogen (secondary N) is 2. The number of rotatable bonds is 10. The van der Waals surface area contributed by atoms with Crippen LogP contribution in [0.25, 0.3) is 0 Å². The lowest BCUT2D eigenvalue weighted by Crippen LogP contribution is -2.44. The summed E-state index contributed by atoms with van der Waals surface area (Å²) in [6.45, 7) is 0. The average Bonchev–Trinajstić information content (AvgIpc) is 3.04. The Morgan fingerprint density at radius 2 is 1.41 bits per heavy atom. The van der Waals surface area contributed by atoms with E-state index < -0.39 is 35.1 Å². The van der Waals surface area contributed by atoms with E-state index in [1.165, 1.54) is 0 Å². The second-order valence-electron chi connectivity index (χ2n) is 11.8. The Kier molecular flexibility index (Phi) is 9.62. The van der Waals surface area contributed by atoms with Crippen LogP contribution < -0.4 is 15.4 Å². The molecule has 0 aliphatic heterocycles. The molecule has 2 atom stereocenters. The summed E-state index contributed by atoms with van der Waals surface area (Å²) in [6.07, 6.45) is 6.23. The van der Waals surface area contributed by atoms with E-state index in [2.05, 4.69) is 10.6 Å². The second kappa shape index (κ2) is 13.8. The summed E-state index contributed by atoms with van der Waals surface area (Å²) in [7, 11) is 0. The third-order valence-electron chi connectivity index (χ3n) is 8.89. The number of hydrogen-bond donors (Lipinski definition) is 4. The van der Waals surface area contributed by atoms with Crippen molar-refractivity contribution in [3.05, 3.63) is 83.9 Å². The van der Waals surface area contributed by atoms with Gasteiger partial charge in [-0.2, -0.15) is 0 Å². The molecule has 0 radical (unpaired) electrons. The zero-order chi connectivity index (χ0) is 31.1. The van der Waals surface area contributed by atoms with Crippen LogP contribution in [0.4, 0.5) is 11.4 Å². The van der Waals surface area contributed by atoms with Crippen molar-refractivity contribution in [3.8, 4) is 11.5 Å². The first-order valence-electron chi connectivity index (χ1n) is 15.3. The van der Waals surface area contributed by atoms with Gasteiger partial charge in [-0.25, -0.2) is 0 Å². The highest BCUT2D eigenvalue weighted by Crippen LogP contribution is 2.38. The van der Waals surface area contributed by atoms with Crippen molar-refractivity contribution in [3.63, 3.8) is 0 Å². The largest absolute Gasteiger partial charge is 0.481 e. The molecule has 2 fully saturated rings. The normalized spacial score (nSPS) is 19.4. The molecule has 9 nitrogen and oxygen atoms in total. The molecule has 2 aliphatic rings. The number of aliphatic carboxylic acids is 2. The molecule has 2 aliphatic carbocycles. The van der Waals surface area contributed by atoms with Gasteiger partial charge in [-0.1, -0.05) is 62.4 Å². The molecule has 3 aromatic rings. The third kappa shape index (κ3) is 7.10. The number of carbonyl (C=O) groups is 4. The number of carboxylic acids is 2. The van der Waals surface area contributed by atoms with Gasteiger partial charge < -0.3 is 25.6 Å². The van der Waals surface area contributed by atoms with Crippen LogP contribution in [0.1, 0.15) is 68.9 Å². The Morgan fingerprint density at radius 1 is 0.750 bits per heavy atom. The smallest absolute Gasteiger partial charge is 0.319 e. The molecule has 0 aromatic heterocycles. The van der Waals surface area contributed by atoms with Crippen molar-refractivity contribution >= 4 is 35.1 Å². The SMILES string of the molecule is O=C(O)C1CCCCC1C(=O)Nc1ccc(Oc2ccc(NC(=O)C3(C(=O)O)CCCCC3)cc2)cc1Cc1ccccc1. The van der Waals surface area contributed by atoms with E-state index in [4.69, 9.17) is 4.74 Å². The van der Waals surface area contributed by atoms with E-state index in [9.17, 15) is 29.4 Å². The number of carbonyl (C=O) groups excluding carboxylic acids is 2. The summed E-state index contributed by atoms with van der Waals surface area (Å²) >= 11 is 0. The lowest BCUT2D eigenvalue weighted by atomic mass is 9.73. The van der Waals surface area contributed by atoms with Gasteiger partial charge in [0.25, 0.3) is 0 Å². The third-order valence-corrected chi connectivity index (χ3v) is 8.89. The fraction of sp³-hybridized carbons (Fsp3) is 0.371. The molecular formula is C35H38N2O7. The van der Waals surface area contributed by atoms with Gasteiger partial charge in [-0.15, -0.1) is 0 Å². The number of anilines is 2. The predicted molar refractivity (Wildman–Crippen MR) is 166 cm³/mol. The van der Waals surface area contributed by atoms with E-state index >= 15 is 0 Å². The zero-order valence-corrected chi connectivity index (χ0v) is 24.6. The van der Waals surface area contributed by atoms with Crippen molar-refractivity contribution in [2.45, 2.75) is 64.2 Å². The van der Waals surface area contributed by atoms with Gasteiger partial charge in [-0.3, -0.25) is 19.2 Å². The standard InChI is InChI=1S/C35H38N2O7/c38-31(28-11-5-6-12-29(28)32(39)40)37-30-18-17-27(22-24(30)21-23-9-3-1-4-10-23)44-26-15-13-25(14-16-26)36-33(41)35(34(42)43)19-7-2-8-20-35/h1,3-4,9-10,13-18,22,28-29H,2,5-8,11-12,19-21H2,(H,36,41)(H,37,38)(H,39,40)(H,42,43). The first-order valence-corrected chi connectivity index (χ1v) is 15.3. The second-order valence-corrected chi connectivity index (χ2v) is 11.8. The summed E-state index contributed by atoms with van der Waals surface area (Å²) in [5.41, 5.74) is 1.55. The number of hydrogen-bond acceptors (Lipinski definition) is 5. The Hall–Kier alpha value is -4.66. The number of benzene rings is 3. The fourth-order valence-corrected chi connectivity index (χ4v) is 6.37. The number of carboxylic acid groups (broad SMARTS) is 2. The van der Waals surface area contributed by atoms with Gasteiger partial charge >= 0.3 is 11.9 Å². The molecule has 44 heavy (non-hydrogen) atoms. The molecule has 2 unspecified atom stereocenters. The Balaban J connectivity index is 1.31. The molecule has 5 rings (SSSR count). The number of amides is 2. The lowest BCUT2D eigenvalue weighted by Gasteiger charge is -2.31. The molecule has 3 aromatic carbocycles. The van der Waals surface area contributed by atoms with Crippen LogP contribution in [0, 0.1) is 17.3 Å². The maximum absolute atomic E-state index is 13.3. The first kappa shape index (κ1) is 30.8. The van der Waals surface area contributed by atoms with E-state index in [-0.39, 0.29) is 5.91 Å². The monoisotopic (exact) mass is 598 g/mol. The minimum Gasteiger partial charge on any atom is -0.481 e. The van der Waals surface area contributed by atoms with Crippen LogP contribution in [-0.4, -0.2) is 34.0 Å². The minimum absolute atomic E-state index is 0.282. The lowest BCUT2D eigenvalue weighted by molar-refractivity contribution is -0.156. The molecule has 0 saturated heterocycles. The van der Waals surface area contributed by atoms with Crippen LogP contribution >= 0.6 is 0 Å². The highest BCUT2D eigenvalue weighted by atomic mass is 16.5. The van der Waals surface area contributed by atoms with Gasteiger partial charge in [0, 0.05) is 11.4 Å². The van der Waals surface area contributed by atoms with Gasteiger partial charge in [-0.05, 0) is 85.7 Å². The topological polar surface area (TPSA) is 142 Å². The molecule has 0 bridgehead atoms. The van der Waals surface area contributed by atoms with Crippen LogP contribution in [0.15, 0.2) is 72.8 Å². The van der Waals surface area contributed by atoms with E-state index in [1.54, 1.807) is 36.4 Å². The highest BCUT2D eigenvalue weighted by Gasteiger charge is 2.46. The quantitative estimate of drug-likeness (QED) is 0.187. The maximum atomic E-state index is 13.3. The summed E-state index contributed by atoms with van der Waals surface area (Å²) in [5.74, 6) is -3.00. The highest BCUT2D eigenvalue weighted by molar-refractivity contribution is 6.08. The molecule has 0 spiro atoms. The van der Waals surface area contributed by atoms with Crippen molar-refractivity contribution in [2.75, 3.05) is 10.6 Å². The molecule has 2 saturated carbocycles. The molecule has 4 N–H and O–H groups in total. The Labute approximate surface area is 256 Å². The van der Waals surface area contributed by atoms with Gasteiger partial charge in [0.1, 0.15) is 16.9 Å².